The molecule has 1 saturated heterocycles. The van der Waals surface area contributed by atoms with E-state index in [0.717, 1.165) is 30.1 Å². The van der Waals surface area contributed by atoms with Crippen LogP contribution in [-0.4, -0.2) is 30.5 Å². The van der Waals surface area contributed by atoms with Gasteiger partial charge in [0.05, 0.1) is 16.4 Å². The Morgan fingerprint density at radius 2 is 2.19 bits per heavy atom. The monoisotopic (exact) mass is 391 g/mol. The first kappa shape index (κ1) is 19.1. The Kier molecular flexibility index (Phi) is 6.83. The van der Waals surface area contributed by atoms with Crippen molar-refractivity contribution >= 4 is 35.0 Å². The minimum atomic E-state index is -0.272. The van der Waals surface area contributed by atoms with Crippen LogP contribution in [0.15, 0.2) is 53.4 Å². The van der Waals surface area contributed by atoms with E-state index >= 15 is 0 Å². The second-order valence-corrected chi connectivity index (χ2v) is 7.94. The largest absolute Gasteiger partial charge is 0.491 e. The van der Waals surface area contributed by atoms with Crippen LogP contribution in [0.2, 0.25) is 5.02 Å². The summed E-state index contributed by atoms with van der Waals surface area (Å²) in [6, 6.07) is 15.0. The molecule has 1 N–H and O–H groups in total. The topological polar surface area (TPSA) is 47.6 Å². The smallest absolute Gasteiger partial charge is 0.237 e. The van der Waals surface area contributed by atoms with Crippen molar-refractivity contribution in [2.45, 2.75) is 36.0 Å². The normalized spacial score (nSPS) is 17.7. The van der Waals surface area contributed by atoms with Crippen molar-refractivity contribution in [3.8, 4) is 5.75 Å². The fourth-order valence-electron chi connectivity index (χ4n) is 2.66. The van der Waals surface area contributed by atoms with Crippen molar-refractivity contribution in [1.29, 1.82) is 0 Å². The minimum absolute atomic E-state index is 0.0776. The average Bonchev–Trinajstić information content (AvgIpc) is 3.16. The molecular weight excluding hydrogens is 370 g/mol. The van der Waals surface area contributed by atoms with E-state index in [1.807, 2.05) is 55.5 Å². The summed E-state index contributed by atoms with van der Waals surface area (Å²) in [7, 11) is 0. The molecular formula is C20H22ClNO3S. The van der Waals surface area contributed by atoms with E-state index in [1.54, 1.807) is 0 Å². The van der Waals surface area contributed by atoms with Crippen molar-refractivity contribution in [2.24, 2.45) is 0 Å². The van der Waals surface area contributed by atoms with Crippen molar-refractivity contribution in [1.82, 2.24) is 0 Å². The van der Waals surface area contributed by atoms with Crippen LogP contribution in [0, 0.1) is 0 Å². The highest BCUT2D eigenvalue weighted by Gasteiger charge is 2.17. The molecule has 0 aliphatic carbocycles. The van der Waals surface area contributed by atoms with Crippen LogP contribution in [0.1, 0.15) is 19.8 Å². The van der Waals surface area contributed by atoms with Gasteiger partial charge in [-0.1, -0.05) is 29.8 Å². The molecule has 3 rings (SSSR count). The second-order valence-electron chi connectivity index (χ2n) is 6.15. The molecule has 0 bridgehead atoms. The summed E-state index contributed by atoms with van der Waals surface area (Å²) in [5, 5.41) is 3.32. The number of carbonyl (C=O) groups excluding carboxylic acids is 1. The maximum Gasteiger partial charge on any atom is 0.237 e. The lowest BCUT2D eigenvalue weighted by molar-refractivity contribution is -0.115. The Hall–Kier alpha value is -1.69. The number of carbonyl (C=O) groups is 1. The summed E-state index contributed by atoms with van der Waals surface area (Å²) in [5.74, 6) is 0.649. The van der Waals surface area contributed by atoms with E-state index in [2.05, 4.69) is 5.32 Å². The van der Waals surface area contributed by atoms with Gasteiger partial charge in [0.25, 0.3) is 0 Å². The Balaban J connectivity index is 1.54. The zero-order chi connectivity index (χ0) is 18.4. The Labute approximate surface area is 163 Å². The first-order chi connectivity index (χ1) is 12.6. The average molecular weight is 392 g/mol. The van der Waals surface area contributed by atoms with Crippen LogP contribution in [-0.2, 0) is 9.53 Å². The quantitative estimate of drug-likeness (QED) is 0.673. The van der Waals surface area contributed by atoms with E-state index in [0.29, 0.717) is 17.3 Å². The zero-order valence-electron chi connectivity index (χ0n) is 14.6. The summed E-state index contributed by atoms with van der Waals surface area (Å²) < 4.78 is 11.3. The lowest BCUT2D eigenvalue weighted by Crippen LogP contribution is -2.22. The van der Waals surface area contributed by atoms with E-state index in [-0.39, 0.29) is 17.3 Å². The molecule has 26 heavy (non-hydrogen) atoms. The van der Waals surface area contributed by atoms with Gasteiger partial charge < -0.3 is 14.8 Å². The molecule has 2 aromatic rings. The first-order valence-corrected chi connectivity index (χ1v) is 9.94. The highest BCUT2D eigenvalue weighted by atomic mass is 35.5. The molecule has 0 saturated carbocycles. The van der Waals surface area contributed by atoms with Crippen LogP contribution >= 0.6 is 23.4 Å². The van der Waals surface area contributed by atoms with Gasteiger partial charge in [-0.25, -0.2) is 0 Å². The van der Waals surface area contributed by atoms with Gasteiger partial charge >= 0.3 is 0 Å². The number of ether oxygens (including phenoxy) is 2. The van der Waals surface area contributed by atoms with Gasteiger partial charge in [-0.15, -0.1) is 11.8 Å². The van der Waals surface area contributed by atoms with Gasteiger partial charge in [0.15, 0.2) is 0 Å². The van der Waals surface area contributed by atoms with Crippen LogP contribution in [0.4, 0.5) is 5.69 Å². The number of hydrogen-bond acceptors (Lipinski definition) is 4. The third-order valence-corrected chi connectivity index (χ3v) is 5.69. The minimum Gasteiger partial charge on any atom is -0.491 e. The predicted octanol–water partition coefficient (Wildman–Crippen LogP) is 5.02. The first-order valence-electron chi connectivity index (χ1n) is 8.68. The standard InChI is InChI=1S/C20H22ClNO3S/c1-14(26-19-10-3-2-9-18(19)21)20(23)22-15-6-4-7-16(12-15)25-13-17-8-5-11-24-17/h2-4,6-7,9-10,12,14,17H,5,8,11,13H2,1H3,(H,22,23). The lowest BCUT2D eigenvalue weighted by Gasteiger charge is -2.14. The SMILES string of the molecule is CC(Sc1ccccc1Cl)C(=O)Nc1cccc(OCC2CCCO2)c1. The number of thioether (sulfide) groups is 1. The third-order valence-electron chi connectivity index (χ3n) is 4.07. The number of amides is 1. The predicted molar refractivity (Wildman–Crippen MR) is 106 cm³/mol. The van der Waals surface area contributed by atoms with Crippen molar-refractivity contribution < 1.29 is 14.3 Å². The summed E-state index contributed by atoms with van der Waals surface area (Å²) >= 11 is 7.60. The number of anilines is 1. The van der Waals surface area contributed by atoms with E-state index in [1.165, 1.54) is 11.8 Å². The molecule has 0 radical (unpaired) electrons. The molecule has 2 aromatic carbocycles. The number of nitrogens with one attached hydrogen (secondary N) is 1. The molecule has 1 fully saturated rings. The van der Waals surface area contributed by atoms with Gasteiger partial charge in [-0.05, 0) is 44.0 Å². The number of benzene rings is 2. The molecule has 1 amide bonds. The van der Waals surface area contributed by atoms with Gasteiger partial charge in [-0.3, -0.25) is 4.79 Å². The molecule has 0 aromatic heterocycles. The van der Waals surface area contributed by atoms with Gasteiger partial charge in [0, 0.05) is 23.3 Å². The maximum absolute atomic E-state index is 12.5. The maximum atomic E-state index is 12.5. The number of rotatable bonds is 7. The molecule has 1 aliphatic rings. The molecule has 1 heterocycles. The third kappa shape index (κ3) is 5.40. The fourth-order valence-corrected chi connectivity index (χ4v) is 3.81. The molecule has 0 spiro atoms. The summed E-state index contributed by atoms with van der Waals surface area (Å²) in [6.07, 6.45) is 2.29. The molecule has 6 heteroatoms. The van der Waals surface area contributed by atoms with Crippen molar-refractivity contribution in [3.63, 3.8) is 0 Å². The lowest BCUT2D eigenvalue weighted by atomic mass is 10.2. The van der Waals surface area contributed by atoms with Crippen LogP contribution < -0.4 is 10.1 Å². The molecule has 4 nitrogen and oxygen atoms in total. The zero-order valence-corrected chi connectivity index (χ0v) is 16.2. The molecule has 2 unspecified atom stereocenters. The van der Waals surface area contributed by atoms with Crippen LogP contribution in [0.5, 0.6) is 5.75 Å². The highest BCUT2D eigenvalue weighted by molar-refractivity contribution is 8.00. The summed E-state index contributed by atoms with van der Waals surface area (Å²) in [5.41, 5.74) is 0.714. The second kappa shape index (κ2) is 9.31. The van der Waals surface area contributed by atoms with Crippen LogP contribution in [0.3, 0.4) is 0 Å². The summed E-state index contributed by atoms with van der Waals surface area (Å²) in [6.45, 7) is 3.21. The van der Waals surface area contributed by atoms with E-state index < -0.39 is 0 Å². The molecule has 2 atom stereocenters. The van der Waals surface area contributed by atoms with Gasteiger partial charge in [0.2, 0.25) is 5.91 Å². The van der Waals surface area contributed by atoms with E-state index in [4.69, 9.17) is 21.1 Å². The Bertz CT molecular complexity index is 749. The molecule has 138 valence electrons. The Morgan fingerprint density at radius 1 is 1.35 bits per heavy atom. The van der Waals surface area contributed by atoms with Gasteiger partial charge in [-0.2, -0.15) is 0 Å². The van der Waals surface area contributed by atoms with Crippen LogP contribution in [0.25, 0.3) is 0 Å². The van der Waals surface area contributed by atoms with Crippen molar-refractivity contribution in [3.05, 3.63) is 53.6 Å². The number of hydrogen-bond donors (Lipinski definition) is 1. The van der Waals surface area contributed by atoms with Gasteiger partial charge in [0.1, 0.15) is 12.4 Å². The Morgan fingerprint density at radius 3 is 2.96 bits per heavy atom. The molecule has 1 aliphatic heterocycles. The number of halogens is 1. The van der Waals surface area contributed by atoms with Crippen molar-refractivity contribution in [2.75, 3.05) is 18.5 Å². The fraction of sp³-hybridized carbons (Fsp3) is 0.350. The summed E-state index contributed by atoms with van der Waals surface area (Å²) in [4.78, 5) is 13.4. The highest BCUT2D eigenvalue weighted by Crippen LogP contribution is 2.30. The van der Waals surface area contributed by atoms with E-state index in [9.17, 15) is 4.79 Å².